The molecule has 1 amide bonds. The fourth-order valence-corrected chi connectivity index (χ4v) is 6.75. The van der Waals surface area contributed by atoms with E-state index in [9.17, 15) is 9.90 Å². The molecule has 2 bridgehead atoms. The number of carbonyl (C=O) groups excluding carboxylic acids is 1. The molecule has 2 unspecified atom stereocenters. The Morgan fingerprint density at radius 3 is 2.20 bits per heavy atom. The molecular formula is C30H27NO4. The largest absolute Gasteiger partial charge is 0.464 e. The van der Waals surface area contributed by atoms with Crippen LogP contribution in [-0.2, 0) is 10.3 Å². The van der Waals surface area contributed by atoms with Crippen LogP contribution in [0.3, 0.4) is 0 Å². The van der Waals surface area contributed by atoms with Gasteiger partial charge in [-0.05, 0) is 41.2 Å². The zero-order chi connectivity index (χ0) is 23.6. The van der Waals surface area contributed by atoms with Crippen molar-refractivity contribution in [1.29, 1.82) is 0 Å². The number of furan rings is 1. The van der Waals surface area contributed by atoms with Crippen LogP contribution in [-0.4, -0.2) is 34.8 Å². The highest BCUT2D eigenvalue weighted by molar-refractivity contribution is 5.82. The molecule has 4 aromatic rings. The standard InChI is InChI=1S/C30H27NO4/c32-29(35-17-26-23-9-3-1-7-21(23)22-8-2-4-10-24(22)26)31-19-13-14-20(31)16-30(33,15-19)27-18-34-28-12-6-5-11-25(27)28/h1-12,18-20,26,33H,13-17H2. The molecule has 1 aromatic heterocycles. The first kappa shape index (κ1) is 20.8. The minimum Gasteiger partial charge on any atom is -0.464 e. The number of rotatable bonds is 3. The van der Waals surface area contributed by atoms with Crippen molar-refractivity contribution in [1.82, 2.24) is 4.90 Å². The number of fused-ring (bicyclic) bond motifs is 6. The van der Waals surface area contributed by atoms with Gasteiger partial charge in [-0.25, -0.2) is 4.79 Å². The van der Waals surface area contributed by atoms with Gasteiger partial charge in [-0.1, -0.05) is 66.7 Å². The molecule has 1 N–H and O–H groups in total. The van der Waals surface area contributed by atoms with Crippen molar-refractivity contribution in [3.05, 3.63) is 95.7 Å². The maximum absolute atomic E-state index is 13.4. The minimum absolute atomic E-state index is 0.0388. The number of piperidine rings is 1. The highest BCUT2D eigenvalue weighted by atomic mass is 16.6. The average Bonchev–Trinajstić information content (AvgIpc) is 3.54. The molecule has 0 spiro atoms. The first-order valence-electron chi connectivity index (χ1n) is 12.4. The van der Waals surface area contributed by atoms with Crippen molar-refractivity contribution in [2.24, 2.45) is 0 Å². The molecule has 1 aliphatic carbocycles. The predicted octanol–water partition coefficient (Wildman–Crippen LogP) is 6.20. The smallest absolute Gasteiger partial charge is 0.410 e. The summed E-state index contributed by atoms with van der Waals surface area (Å²) in [4.78, 5) is 15.2. The predicted molar refractivity (Wildman–Crippen MR) is 133 cm³/mol. The summed E-state index contributed by atoms with van der Waals surface area (Å²) in [6.45, 7) is 0.319. The highest BCUT2D eigenvalue weighted by Crippen LogP contribution is 2.48. The van der Waals surface area contributed by atoms with Gasteiger partial charge in [0.1, 0.15) is 12.2 Å². The van der Waals surface area contributed by atoms with Crippen molar-refractivity contribution < 1.29 is 19.1 Å². The topological polar surface area (TPSA) is 62.9 Å². The Bertz CT molecular complexity index is 1380. The summed E-state index contributed by atoms with van der Waals surface area (Å²) in [6.07, 6.45) is 4.18. The molecule has 2 saturated heterocycles. The summed E-state index contributed by atoms with van der Waals surface area (Å²) in [5.41, 5.74) is 5.48. The highest BCUT2D eigenvalue weighted by Gasteiger charge is 2.51. The van der Waals surface area contributed by atoms with Crippen LogP contribution in [0.1, 0.15) is 48.3 Å². The number of aliphatic hydroxyl groups is 1. The van der Waals surface area contributed by atoms with Gasteiger partial charge in [0.15, 0.2) is 0 Å². The Kier molecular flexibility index (Phi) is 4.58. The fourth-order valence-electron chi connectivity index (χ4n) is 6.75. The molecule has 176 valence electrons. The van der Waals surface area contributed by atoms with Gasteiger partial charge >= 0.3 is 6.09 Å². The van der Waals surface area contributed by atoms with Crippen LogP contribution in [0.15, 0.2) is 83.5 Å². The zero-order valence-corrected chi connectivity index (χ0v) is 19.4. The molecule has 2 fully saturated rings. The number of amides is 1. The van der Waals surface area contributed by atoms with Crippen LogP contribution < -0.4 is 0 Å². The quantitative estimate of drug-likeness (QED) is 0.392. The van der Waals surface area contributed by atoms with Crippen LogP contribution in [0.5, 0.6) is 0 Å². The summed E-state index contributed by atoms with van der Waals surface area (Å²) < 4.78 is 11.7. The van der Waals surface area contributed by atoms with E-state index in [1.807, 2.05) is 41.3 Å². The maximum atomic E-state index is 13.4. The Hall–Kier alpha value is -3.57. The number of hydrogen-bond donors (Lipinski definition) is 1. The summed E-state index contributed by atoms with van der Waals surface area (Å²) in [5, 5.41) is 12.6. The molecule has 7 rings (SSSR count). The molecule has 3 aromatic carbocycles. The Morgan fingerprint density at radius 2 is 1.51 bits per heavy atom. The van der Waals surface area contributed by atoms with Gasteiger partial charge in [0.05, 0.1) is 11.9 Å². The Morgan fingerprint density at radius 1 is 0.914 bits per heavy atom. The summed E-state index contributed by atoms with van der Waals surface area (Å²) >= 11 is 0. The average molecular weight is 466 g/mol. The molecule has 3 aliphatic rings. The fraction of sp³-hybridized carbons (Fsp3) is 0.300. The van der Waals surface area contributed by atoms with Crippen LogP contribution in [0, 0.1) is 0 Å². The van der Waals surface area contributed by atoms with Gasteiger partial charge < -0.3 is 19.2 Å². The Labute approximate surface area is 203 Å². The number of carbonyl (C=O) groups is 1. The maximum Gasteiger partial charge on any atom is 0.410 e. The summed E-state index contributed by atoms with van der Waals surface area (Å²) in [6, 6.07) is 24.5. The van der Waals surface area contributed by atoms with E-state index in [0.717, 1.165) is 29.4 Å². The second-order valence-electron chi connectivity index (χ2n) is 10.2. The molecule has 2 atom stereocenters. The van der Waals surface area contributed by atoms with Crippen LogP contribution in [0.2, 0.25) is 0 Å². The van der Waals surface area contributed by atoms with Crippen molar-refractivity contribution in [2.45, 2.75) is 49.3 Å². The van der Waals surface area contributed by atoms with E-state index in [-0.39, 0.29) is 24.1 Å². The normalized spacial score (nSPS) is 25.0. The lowest BCUT2D eigenvalue weighted by Crippen LogP contribution is -2.52. The number of benzene rings is 3. The van der Waals surface area contributed by atoms with Crippen molar-refractivity contribution in [2.75, 3.05) is 6.61 Å². The molecule has 0 saturated carbocycles. The Balaban J connectivity index is 1.10. The van der Waals surface area contributed by atoms with Gasteiger partial charge in [0.25, 0.3) is 0 Å². The molecule has 5 heteroatoms. The molecule has 3 heterocycles. The van der Waals surface area contributed by atoms with Gasteiger partial charge in [-0.2, -0.15) is 0 Å². The van der Waals surface area contributed by atoms with E-state index in [1.165, 1.54) is 22.3 Å². The minimum atomic E-state index is -1.00. The monoisotopic (exact) mass is 465 g/mol. The zero-order valence-electron chi connectivity index (χ0n) is 19.4. The van der Waals surface area contributed by atoms with E-state index in [2.05, 4.69) is 36.4 Å². The third kappa shape index (κ3) is 3.15. The van der Waals surface area contributed by atoms with Gasteiger partial charge in [-0.15, -0.1) is 0 Å². The lowest BCUT2D eigenvalue weighted by Gasteiger charge is -2.43. The SMILES string of the molecule is O=C(OCC1c2ccccc2-c2ccccc21)N1C2CCC1CC(O)(c1coc3ccccc13)C2. The number of ether oxygens (including phenoxy) is 1. The van der Waals surface area contributed by atoms with Crippen LogP contribution in [0.4, 0.5) is 4.79 Å². The molecular weight excluding hydrogens is 438 g/mol. The number of nitrogens with zero attached hydrogens (tertiary/aromatic N) is 1. The van der Waals surface area contributed by atoms with Crippen LogP contribution >= 0.6 is 0 Å². The molecule has 0 radical (unpaired) electrons. The van der Waals surface area contributed by atoms with E-state index >= 15 is 0 Å². The third-order valence-corrected chi connectivity index (χ3v) is 8.30. The van der Waals surface area contributed by atoms with E-state index in [1.54, 1.807) is 6.26 Å². The molecule has 35 heavy (non-hydrogen) atoms. The lowest BCUT2D eigenvalue weighted by atomic mass is 9.80. The first-order chi connectivity index (χ1) is 17.1. The number of hydrogen-bond acceptors (Lipinski definition) is 4. The van der Waals surface area contributed by atoms with Crippen LogP contribution in [0.25, 0.3) is 22.1 Å². The van der Waals surface area contributed by atoms with Crippen molar-refractivity contribution >= 4 is 17.1 Å². The number of para-hydroxylation sites is 1. The van der Waals surface area contributed by atoms with E-state index in [4.69, 9.17) is 9.15 Å². The van der Waals surface area contributed by atoms with Crippen molar-refractivity contribution in [3.8, 4) is 11.1 Å². The van der Waals surface area contributed by atoms with Gasteiger partial charge in [0, 0.05) is 41.8 Å². The second-order valence-corrected chi connectivity index (χ2v) is 10.2. The third-order valence-electron chi connectivity index (χ3n) is 8.30. The van der Waals surface area contributed by atoms with E-state index < -0.39 is 5.60 Å². The van der Waals surface area contributed by atoms with Gasteiger partial charge in [-0.3, -0.25) is 0 Å². The molecule has 5 nitrogen and oxygen atoms in total. The first-order valence-corrected chi connectivity index (χ1v) is 12.4. The lowest BCUT2D eigenvalue weighted by molar-refractivity contribution is -0.0525. The second kappa shape index (κ2) is 7.72. The molecule has 2 aliphatic heterocycles. The van der Waals surface area contributed by atoms with Gasteiger partial charge in [0.2, 0.25) is 0 Å². The summed E-state index contributed by atoms with van der Waals surface area (Å²) in [7, 11) is 0. The summed E-state index contributed by atoms with van der Waals surface area (Å²) in [5.74, 6) is 0.0445. The van der Waals surface area contributed by atoms with Crippen molar-refractivity contribution in [3.63, 3.8) is 0 Å². The van der Waals surface area contributed by atoms with E-state index in [0.29, 0.717) is 19.4 Å².